The summed E-state index contributed by atoms with van der Waals surface area (Å²) in [7, 11) is 1.79. The van der Waals surface area contributed by atoms with E-state index in [1.807, 2.05) is 18.2 Å². The summed E-state index contributed by atoms with van der Waals surface area (Å²) in [5, 5.41) is 24.3. The maximum Gasteiger partial charge on any atom is 0.248 e. The second-order valence-electron chi connectivity index (χ2n) is 8.44. The molecule has 0 aliphatic carbocycles. The van der Waals surface area contributed by atoms with Crippen LogP contribution in [0.1, 0.15) is 24.1 Å². The van der Waals surface area contributed by atoms with E-state index in [0.717, 1.165) is 5.69 Å². The normalized spacial score (nSPS) is 13.6. The molecule has 1 amide bonds. The molecule has 1 aliphatic heterocycles. The van der Waals surface area contributed by atoms with Crippen LogP contribution >= 0.6 is 11.6 Å². The van der Waals surface area contributed by atoms with Gasteiger partial charge in [0.1, 0.15) is 36.7 Å². The van der Waals surface area contributed by atoms with Crippen molar-refractivity contribution in [3.8, 4) is 11.5 Å². The number of hydrogen-bond acceptors (Lipinski definition) is 8. The molecule has 11 heteroatoms. The fourth-order valence-electron chi connectivity index (χ4n) is 4.00. The maximum atomic E-state index is 11.7. The minimum Gasteiger partial charge on any atom is -0.490 e. The fourth-order valence-corrected chi connectivity index (χ4v) is 4.24. The van der Waals surface area contributed by atoms with Crippen molar-refractivity contribution < 1.29 is 19.4 Å². The molecule has 194 valence electrons. The first-order chi connectivity index (χ1) is 18.0. The number of aromatic nitrogens is 2. The van der Waals surface area contributed by atoms with Gasteiger partial charge >= 0.3 is 0 Å². The van der Waals surface area contributed by atoms with Crippen molar-refractivity contribution >= 4 is 34.7 Å². The molecule has 4 N–H and O–H groups in total. The highest BCUT2D eigenvalue weighted by Crippen LogP contribution is 2.30. The highest BCUT2D eigenvalue weighted by molar-refractivity contribution is 6.32. The van der Waals surface area contributed by atoms with Crippen LogP contribution in [0.25, 0.3) is 0 Å². The van der Waals surface area contributed by atoms with Crippen LogP contribution in [0.3, 0.4) is 0 Å². The maximum absolute atomic E-state index is 11.7. The average molecular weight is 525 g/mol. The number of nitrogens with one attached hydrogen (secondary N) is 3. The lowest BCUT2D eigenvalue weighted by molar-refractivity contribution is -0.135. The zero-order chi connectivity index (χ0) is 26.2. The van der Waals surface area contributed by atoms with Crippen molar-refractivity contribution in [1.29, 1.82) is 5.41 Å². The number of rotatable bonds is 9. The van der Waals surface area contributed by atoms with Crippen LogP contribution in [0.5, 0.6) is 11.5 Å². The van der Waals surface area contributed by atoms with E-state index < -0.39 is 6.61 Å². The lowest BCUT2D eigenvalue weighted by atomic mass is 10.1. The lowest BCUT2D eigenvalue weighted by Gasteiger charge is -2.32. The molecule has 0 atom stereocenters. The van der Waals surface area contributed by atoms with Crippen LogP contribution in [0.2, 0.25) is 5.02 Å². The molecular formula is C26H29ClN6O4. The van der Waals surface area contributed by atoms with E-state index in [4.69, 9.17) is 31.6 Å². The quantitative estimate of drug-likeness (QED) is 0.247. The first-order valence-corrected chi connectivity index (χ1v) is 12.2. The number of likely N-dealkylation sites (tertiary alicyclic amines) is 1. The van der Waals surface area contributed by atoms with Gasteiger partial charge in [-0.1, -0.05) is 11.6 Å². The Labute approximate surface area is 220 Å². The zero-order valence-electron chi connectivity index (χ0n) is 20.4. The number of piperidine rings is 1. The van der Waals surface area contributed by atoms with Gasteiger partial charge in [-0.25, -0.2) is 0 Å². The molecule has 1 aromatic heterocycles. The third kappa shape index (κ3) is 6.87. The first kappa shape index (κ1) is 26.2. The molecule has 2 aromatic carbocycles. The lowest BCUT2D eigenvalue weighted by Crippen LogP contribution is -2.42. The van der Waals surface area contributed by atoms with E-state index >= 15 is 0 Å². The Kier molecular flexibility index (Phi) is 8.76. The fraction of sp³-hybridized carbons (Fsp3) is 0.308. The molecule has 0 saturated carbocycles. The number of carbonyl (C=O) groups excluding carboxylic acids is 1. The van der Waals surface area contributed by atoms with E-state index in [1.165, 1.54) is 0 Å². The van der Waals surface area contributed by atoms with Crippen molar-refractivity contribution in [2.24, 2.45) is 0 Å². The molecule has 1 fully saturated rings. The van der Waals surface area contributed by atoms with E-state index in [-0.39, 0.29) is 24.5 Å². The van der Waals surface area contributed by atoms with E-state index in [0.29, 0.717) is 59.4 Å². The minimum absolute atomic E-state index is 0.0496. The predicted molar refractivity (Wildman–Crippen MR) is 142 cm³/mol. The number of anilines is 2. The topological polar surface area (TPSA) is 133 Å². The van der Waals surface area contributed by atoms with Gasteiger partial charge in [-0.3, -0.25) is 20.2 Å². The summed E-state index contributed by atoms with van der Waals surface area (Å²) in [4.78, 5) is 21.5. The summed E-state index contributed by atoms with van der Waals surface area (Å²) >= 11 is 6.41. The number of benzene rings is 2. The number of hydrogen-bond donors (Lipinski definition) is 4. The summed E-state index contributed by atoms with van der Waals surface area (Å²) in [6.45, 7) is 0.856. The second-order valence-corrected chi connectivity index (χ2v) is 8.85. The molecule has 1 saturated heterocycles. The van der Waals surface area contributed by atoms with Gasteiger partial charge in [0.15, 0.2) is 0 Å². The number of halogens is 1. The SMILES string of the molecule is CNc1ccc(OC2CCN(C(=O)CO)CC2)cc1C(=N)Nc1ccc(OCc2cnccn2)c(Cl)c1. The monoisotopic (exact) mass is 524 g/mol. The third-order valence-electron chi connectivity index (χ3n) is 5.96. The largest absolute Gasteiger partial charge is 0.490 e. The Morgan fingerprint density at radius 1 is 1.22 bits per heavy atom. The predicted octanol–water partition coefficient (Wildman–Crippen LogP) is 3.55. The average Bonchev–Trinajstić information content (AvgIpc) is 2.93. The number of nitrogens with zero attached hydrogens (tertiary/aromatic N) is 3. The molecule has 0 radical (unpaired) electrons. The van der Waals surface area contributed by atoms with Crippen LogP contribution in [0, 0.1) is 5.41 Å². The van der Waals surface area contributed by atoms with Crippen LogP contribution in [-0.2, 0) is 11.4 Å². The molecule has 10 nitrogen and oxygen atoms in total. The zero-order valence-corrected chi connectivity index (χ0v) is 21.2. The molecule has 0 spiro atoms. The van der Waals surface area contributed by atoms with Gasteiger partial charge < -0.3 is 30.1 Å². The molecule has 3 aromatic rings. The molecule has 0 bridgehead atoms. The van der Waals surface area contributed by atoms with Crippen molar-refractivity contribution in [3.05, 3.63) is 71.3 Å². The molecule has 2 heterocycles. The summed E-state index contributed by atoms with van der Waals surface area (Å²) in [5.74, 6) is 1.05. The second kappa shape index (κ2) is 12.4. The van der Waals surface area contributed by atoms with Crippen molar-refractivity contribution in [3.63, 3.8) is 0 Å². The van der Waals surface area contributed by atoms with Gasteiger partial charge in [-0.05, 0) is 36.4 Å². The Bertz CT molecular complexity index is 1230. The Balaban J connectivity index is 1.39. The Morgan fingerprint density at radius 3 is 2.70 bits per heavy atom. The Hall–Kier alpha value is -3.89. The summed E-state index contributed by atoms with van der Waals surface area (Å²) in [5.41, 5.74) is 2.72. The van der Waals surface area contributed by atoms with Gasteiger partial charge in [-0.2, -0.15) is 0 Å². The van der Waals surface area contributed by atoms with Crippen molar-refractivity contribution in [2.75, 3.05) is 37.4 Å². The van der Waals surface area contributed by atoms with Gasteiger partial charge in [0, 0.05) is 62.3 Å². The number of ether oxygens (including phenoxy) is 2. The number of amides is 1. The molecule has 1 aliphatic rings. The standard InChI is InChI=1S/C26H29ClN6O4/c1-29-23-4-3-20(37-19-6-10-33(11-7-19)25(35)15-34)13-21(23)26(28)32-17-2-5-24(22(27)12-17)36-16-18-14-30-8-9-31-18/h2-5,8-9,12-14,19,29,34H,6-7,10-11,15-16H2,1H3,(H2,28,32). The van der Waals surface area contributed by atoms with E-state index in [1.54, 1.807) is 48.7 Å². The highest BCUT2D eigenvalue weighted by atomic mass is 35.5. The summed E-state index contributed by atoms with van der Waals surface area (Å²) in [6.07, 6.45) is 6.13. The number of carbonyl (C=O) groups is 1. The highest BCUT2D eigenvalue weighted by Gasteiger charge is 2.23. The number of aliphatic hydroxyl groups is 1. The van der Waals surface area contributed by atoms with Gasteiger partial charge in [-0.15, -0.1) is 0 Å². The molecule has 4 rings (SSSR count). The Morgan fingerprint density at radius 2 is 2.03 bits per heavy atom. The van der Waals surface area contributed by atoms with Crippen LogP contribution in [-0.4, -0.2) is 64.6 Å². The summed E-state index contributed by atoms with van der Waals surface area (Å²) in [6, 6.07) is 10.7. The van der Waals surface area contributed by atoms with E-state index in [9.17, 15) is 4.79 Å². The van der Waals surface area contributed by atoms with Crippen LogP contribution < -0.4 is 20.1 Å². The van der Waals surface area contributed by atoms with Crippen LogP contribution in [0.15, 0.2) is 55.0 Å². The van der Waals surface area contributed by atoms with Gasteiger partial charge in [0.2, 0.25) is 5.91 Å². The smallest absolute Gasteiger partial charge is 0.248 e. The third-order valence-corrected chi connectivity index (χ3v) is 6.25. The molecular weight excluding hydrogens is 496 g/mol. The van der Waals surface area contributed by atoms with Crippen molar-refractivity contribution in [2.45, 2.75) is 25.6 Å². The van der Waals surface area contributed by atoms with Gasteiger partial charge in [0.25, 0.3) is 0 Å². The number of aliphatic hydroxyl groups excluding tert-OH is 1. The molecule has 0 unspecified atom stereocenters. The minimum atomic E-state index is -0.473. The first-order valence-electron chi connectivity index (χ1n) is 11.9. The summed E-state index contributed by atoms with van der Waals surface area (Å²) < 4.78 is 11.9. The number of amidine groups is 1. The van der Waals surface area contributed by atoms with Crippen molar-refractivity contribution in [1.82, 2.24) is 14.9 Å². The molecule has 37 heavy (non-hydrogen) atoms. The van der Waals surface area contributed by atoms with Gasteiger partial charge in [0.05, 0.1) is 16.9 Å². The van der Waals surface area contributed by atoms with E-state index in [2.05, 4.69) is 20.6 Å². The van der Waals surface area contributed by atoms with Crippen LogP contribution in [0.4, 0.5) is 11.4 Å².